The van der Waals surface area contributed by atoms with Gasteiger partial charge < -0.3 is 4.74 Å². The van der Waals surface area contributed by atoms with Crippen molar-refractivity contribution in [3.8, 4) is 23.3 Å². The molecule has 0 saturated heterocycles. The lowest BCUT2D eigenvalue weighted by molar-refractivity contribution is 0.0393. The number of fused-ring (bicyclic) bond motifs is 3. The Morgan fingerprint density at radius 2 is 1.50 bits per heavy atom. The summed E-state index contributed by atoms with van der Waals surface area (Å²) in [4.78, 5) is 13.2. The van der Waals surface area contributed by atoms with Gasteiger partial charge in [0.2, 0.25) is 0 Å². The topological polar surface area (TPSA) is 73.9 Å². The molecule has 0 amide bonds. The second kappa shape index (κ2) is 7.91. The fourth-order valence-electron chi connectivity index (χ4n) is 3.77. The minimum Gasteiger partial charge on any atom is -0.450 e. The molecule has 4 heteroatoms. The van der Waals surface area contributed by atoms with Gasteiger partial charge in [-0.2, -0.15) is 10.5 Å². The monoisotopic (exact) mass is 388 g/mol. The highest BCUT2D eigenvalue weighted by molar-refractivity contribution is 6.10. The second-order valence-electron chi connectivity index (χ2n) is 6.72. The summed E-state index contributed by atoms with van der Waals surface area (Å²) < 4.78 is 5.76. The van der Waals surface area contributed by atoms with Gasteiger partial charge in [0.05, 0.1) is 5.56 Å². The van der Waals surface area contributed by atoms with Crippen LogP contribution in [-0.4, -0.2) is 5.97 Å². The van der Waals surface area contributed by atoms with Gasteiger partial charge in [0, 0.05) is 11.1 Å². The normalized spacial score (nSPS) is 12.0. The minimum absolute atomic E-state index is 0.0139. The average Bonchev–Trinajstić information content (AvgIpc) is 3.13. The largest absolute Gasteiger partial charge is 0.450 e. The zero-order chi connectivity index (χ0) is 21.1. The van der Waals surface area contributed by atoms with Gasteiger partial charge >= 0.3 is 5.97 Å². The highest BCUT2D eigenvalue weighted by Gasteiger charge is 2.31. The minimum atomic E-state index is -0.588. The van der Waals surface area contributed by atoms with E-state index in [9.17, 15) is 15.3 Å². The number of carbonyl (C=O) groups excluding carboxylic acids is 1. The van der Waals surface area contributed by atoms with E-state index in [2.05, 4.69) is 6.58 Å². The van der Waals surface area contributed by atoms with Crippen molar-refractivity contribution < 1.29 is 9.53 Å². The van der Waals surface area contributed by atoms with Crippen molar-refractivity contribution in [1.82, 2.24) is 0 Å². The number of allylic oxidation sites excluding steroid dienone is 1. The lowest BCUT2D eigenvalue weighted by atomic mass is 9.97. The lowest BCUT2D eigenvalue weighted by Gasteiger charge is -2.16. The maximum atomic E-state index is 13.2. The van der Waals surface area contributed by atoms with Crippen LogP contribution in [0, 0.1) is 22.7 Å². The van der Waals surface area contributed by atoms with Crippen molar-refractivity contribution in [2.75, 3.05) is 0 Å². The fraction of sp³-hybridized carbons (Fsp3) is 0.0385. The van der Waals surface area contributed by atoms with Crippen LogP contribution in [0.2, 0.25) is 0 Å². The van der Waals surface area contributed by atoms with Crippen molar-refractivity contribution >= 4 is 11.5 Å². The maximum Gasteiger partial charge on any atom is 0.339 e. The van der Waals surface area contributed by atoms with Crippen LogP contribution in [0.5, 0.6) is 0 Å². The molecule has 0 aromatic heterocycles. The van der Waals surface area contributed by atoms with Crippen molar-refractivity contribution in [1.29, 1.82) is 10.5 Å². The van der Waals surface area contributed by atoms with Crippen LogP contribution in [0.3, 0.4) is 0 Å². The molecule has 1 unspecified atom stereocenters. The Morgan fingerprint density at radius 1 is 0.867 bits per heavy atom. The number of hydrogen-bond acceptors (Lipinski definition) is 4. The molecule has 0 heterocycles. The Bertz CT molecular complexity index is 1260. The molecule has 0 saturated carbocycles. The first-order valence-electron chi connectivity index (χ1n) is 9.35. The predicted octanol–water partition coefficient (Wildman–Crippen LogP) is 5.60. The Balaban J connectivity index is 1.84. The first kappa shape index (κ1) is 18.9. The van der Waals surface area contributed by atoms with Crippen LogP contribution >= 0.6 is 0 Å². The zero-order valence-corrected chi connectivity index (χ0v) is 16.0. The molecule has 0 N–H and O–H groups in total. The molecule has 1 atom stereocenters. The first-order valence-corrected chi connectivity index (χ1v) is 9.35. The van der Waals surface area contributed by atoms with Gasteiger partial charge in [-0.3, -0.25) is 0 Å². The third kappa shape index (κ3) is 3.07. The van der Waals surface area contributed by atoms with Gasteiger partial charge in [-0.1, -0.05) is 73.3 Å². The number of benzene rings is 3. The lowest BCUT2D eigenvalue weighted by Crippen LogP contribution is -2.11. The summed E-state index contributed by atoms with van der Waals surface area (Å²) in [5.74, 6) is -0.493. The van der Waals surface area contributed by atoms with Gasteiger partial charge in [-0.25, -0.2) is 4.79 Å². The van der Waals surface area contributed by atoms with Crippen LogP contribution in [0.25, 0.3) is 16.7 Å². The first-order chi connectivity index (χ1) is 14.7. The van der Waals surface area contributed by atoms with Crippen molar-refractivity contribution in [3.05, 3.63) is 113 Å². The van der Waals surface area contributed by atoms with Crippen molar-refractivity contribution in [2.45, 2.75) is 6.10 Å². The van der Waals surface area contributed by atoms with Crippen LogP contribution in [-0.2, 0) is 4.74 Å². The van der Waals surface area contributed by atoms with Crippen LogP contribution in [0.1, 0.15) is 33.2 Å². The number of esters is 1. The summed E-state index contributed by atoms with van der Waals surface area (Å²) >= 11 is 0. The van der Waals surface area contributed by atoms with Gasteiger partial charge in [-0.05, 0) is 34.4 Å². The summed E-state index contributed by atoms with van der Waals surface area (Å²) in [5.41, 5.74) is 4.68. The third-order valence-electron chi connectivity index (χ3n) is 5.07. The molecule has 3 aromatic carbocycles. The Kier molecular flexibility index (Phi) is 4.99. The van der Waals surface area contributed by atoms with Gasteiger partial charge in [0.25, 0.3) is 0 Å². The number of hydrogen-bond donors (Lipinski definition) is 0. The molecule has 0 radical (unpaired) electrons. The van der Waals surface area contributed by atoms with Crippen molar-refractivity contribution in [3.63, 3.8) is 0 Å². The maximum absolute atomic E-state index is 13.2. The standard InChI is InChI=1S/C26H16N2O2/c1-2-23(17-9-4-3-5-10-17)30-26(29)22-14-8-13-21-24(18(15-27)16-28)19-11-6-7-12-20(19)25(21)22/h2-14,23H,1H2. The van der Waals surface area contributed by atoms with Gasteiger partial charge in [0.1, 0.15) is 23.8 Å². The molecular formula is C26H16N2O2. The number of carbonyl (C=O) groups is 1. The summed E-state index contributed by atoms with van der Waals surface area (Å²) in [6, 6.07) is 26.0. The molecule has 4 nitrogen and oxygen atoms in total. The van der Waals surface area contributed by atoms with Gasteiger partial charge in [0.15, 0.2) is 0 Å². The number of ether oxygens (including phenoxy) is 1. The van der Waals surface area contributed by atoms with E-state index in [0.29, 0.717) is 22.3 Å². The van der Waals surface area contributed by atoms with E-state index < -0.39 is 12.1 Å². The van der Waals surface area contributed by atoms with E-state index in [-0.39, 0.29) is 5.57 Å². The average molecular weight is 388 g/mol. The predicted molar refractivity (Wildman–Crippen MR) is 114 cm³/mol. The molecular weight excluding hydrogens is 372 g/mol. The van der Waals surface area contributed by atoms with Crippen LogP contribution in [0.15, 0.2) is 91.0 Å². The summed E-state index contributed by atoms with van der Waals surface area (Å²) in [6.07, 6.45) is 0.995. The summed E-state index contributed by atoms with van der Waals surface area (Å²) in [7, 11) is 0. The molecule has 0 spiro atoms. The van der Waals surface area contributed by atoms with Crippen LogP contribution in [0.4, 0.5) is 0 Å². The summed E-state index contributed by atoms with van der Waals surface area (Å²) in [6.45, 7) is 3.79. The van der Waals surface area contributed by atoms with E-state index in [1.165, 1.54) is 0 Å². The van der Waals surface area contributed by atoms with E-state index >= 15 is 0 Å². The molecule has 3 aromatic rings. The third-order valence-corrected chi connectivity index (χ3v) is 5.07. The second-order valence-corrected chi connectivity index (χ2v) is 6.72. The van der Waals surface area contributed by atoms with E-state index in [0.717, 1.165) is 16.7 Å². The highest BCUT2D eigenvalue weighted by atomic mass is 16.5. The molecule has 1 aliphatic carbocycles. The Labute approximate surface area is 174 Å². The van der Waals surface area contributed by atoms with Crippen LogP contribution < -0.4 is 0 Å². The van der Waals surface area contributed by atoms with E-state index in [1.807, 2.05) is 72.8 Å². The number of nitrogens with zero attached hydrogens (tertiary/aromatic N) is 2. The molecule has 142 valence electrons. The van der Waals surface area contributed by atoms with E-state index in [1.54, 1.807) is 18.2 Å². The molecule has 0 fully saturated rings. The quantitative estimate of drug-likeness (QED) is 0.259. The molecule has 1 aliphatic rings. The highest BCUT2D eigenvalue weighted by Crippen LogP contribution is 2.47. The Morgan fingerprint density at radius 3 is 2.17 bits per heavy atom. The molecule has 0 aliphatic heterocycles. The van der Waals surface area contributed by atoms with E-state index in [4.69, 9.17) is 4.74 Å². The van der Waals surface area contributed by atoms with Crippen molar-refractivity contribution in [2.24, 2.45) is 0 Å². The smallest absolute Gasteiger partial charge is 0.339 e. The molecule has 0 bridgehead atoms. The summed E-state index contributed by atoms with van der Waals surface area (Å²) in [5, 5.41) is 18.9. The SMILES string of the molecule is C=CC(OC(=O)c1cccc2c1-c1ccccc1C2=C(C#N)C#N)c1ccccc1. The number of rotatable bonds is 4. The fourth-order valence-corrected chi connectivity index (χ4v) is 3.77. The van der Waals surface area contributed by atoms with Gasteiger partial charge in [-0.15, -0.1) is 0 Å². The molecule has 4 rings (SSSR count). The number of nitriles is 2. The zero-order valence-electron chi connectivity index (χ0n) is 16.0. The molecule has 30 heavy (non-hydrogen) atoms. The Hall–Kier alpha value is -4.41.